The van der Waals surface area contributed by atoms with Crippen molar-refractivity contribution in [2.45, 2.75) is 38.9 Å². The second kappa shape index (κ2) is 4.18. The Balaban J connectivity index is 4.32. The maximum Gasteiger partial charge on any atom is 0.151 e. The molecule has 0 aromatic heterocycles. The summed E-state index contributed by atoms with van der Waals surface area (Å²) in [4.78, 5) is 0. The first-order chi connectivity index (χ1) is 5.68. The van der Waals surface area contributed by atoms with Gasteiger partial charge in [-0.25, -0.2) is 0 Å². The van der Waals surface area contributed by atoms with Crippen LogP contribution in [-0.4, -0.2) is 9.91 Å². The van der Waals surface area contributed by atoms with Crippen LogP contribution in [0.4, 0.5) is 0 Å². The summed E-state index contributed by atoms with van der Waals surface area (Å²) in [6, 6.07) is 0. The molecule has 0 heterocycles. The molecule has 0 aliphatic carbocycles. The van der Waals surface area contributed by atoms with Crippen molar-refractivity contribution < 1.29 is 0 Å². The van der Waals surface area contributed by atoms with Crippen LogP contribution in [0.15, 0.2) is 12.7 Å². The monoisotopic (exact) mass is 200 g/mol. The normalized spacial score (nSPS) is 12.6. The lowest BCUT2D eigenvalue weighted by Gasteiger charge is -2.31. The van der Waals surface area contributed by atoms with Crippen molar-refractivity contribution in [3.63, 3.8) is 0 Å². The molecule has 13 heavy (non-hydrogen) atoms. The predicted molar refractivity (Wildman–Crippen MR) is 62.2 cm³/mol. The fraction of sp³-hybridized carbons (Fsp3) is 0.700. The molecule has 0 aliphatic heterocycles. The van der Waals surface area contributed by atoms with Gasteiger partial charge in [0.15, 0.2) is 5.17 Å². The van der Waals surface area contributed by atoms with E-state index in [2.05, 4.69) is 34.3 Å². The third kappa shape index (κ3) is 5.75. The minimum Gasteiger partial charge on any atom is -0.379 e. The van der Waals surface area contributed by atoms with Crippen LogP contribution in [0.5, 0.6) is 0 Å². The van der Waals surface area contributed by atoms with Crippen LogP contribution >= 0.6 is 11.8 Å². The summed E-state index contributed by atoms with van der Waals surface area (Å²) < 4.78 is 0.00350. The molecule has 0 aliphatic rings. The molecule has 0 rings (SSSR count). The Morgan fingerprint density at radius 3 is 2.23 bits per heavy atom. The highest BCUT2D eigenvalue weighted by Crippen LogP contribution is 2.37. The zero-order valence-corrected chi connectivity index (χ0v) is 9.79. The van der Waals surface area contributed by atoms with Crippen molar-refractivity contribution in [2.24, 2.45) is 11.1 Å². The van der Waals surface area contributed by atoms with E-state index in [9.17, 15) is 0 Å². The van der Waals surface area contributed by atoms with Gasteiger partial charge >= 0.3 is 0 Å². The Morgan fingerprint density at radius 2 is 1.92 bits per heavy atom. The van der Waals surface area contributed by atoms with Crippen LogP contribution in [0.25, 0.3) is 0 Å². The van der Waals surface area contributed by atoms with E-state index in [1.165, 1.54) is 11.8 Å². The second-order valence-corrected chi connectivity index (χ2v) is 6.34. The molecule has 0 saturated carbocycles. The molecule has 76 valence electrons. The molecule has 3 heteroatoms. The fourth-order valence-corrected chi connectivity index (χ4v) is 2.54. The van der Waals surface area contributed by atoms with Crippen molar-refractivity contribution in [3.05, 3.63) is 12.7 Å². The maximum absolute atomic E-state index is 7.23. The van der Waals surface area contributed by atoms with Crippen molar-refractivity contribution >= 4 is 16.9 Å². The van der Waals surface area contributed by atoms with Gasteiger partial charge in [0.2, 0.25) is 0 Å². The first-order valence-electron chi connectivity index (χ1n) is 4.35. The number of nitrogens with two attached hydrogens (primary N) is 1. The number of hydrogen-bond acceptors (Lipinski definition) is 2. The van der Waals surface area contributed by atoms with E-state index < -0.39 is 0 Å². The standard InChI is InChI=1S/C10H20N2S/c1-6-9(2,3)7-10(4,5)13-8(11)12/h6H,1,7H2,2-5H3,(H3,11,12). The number of amidine groups is 1. The second-order valence-electron chi connectivity index (χ2n) is 4.60. The van der Waals surface area contributed by atoms with Crippen LogP contribution in [-0.2, 0) is 0 Å². The SMILES string of the molecule is C=CC(C)(C)CC(C)(C)SC(=N)N. The third-order valence-corrected chi connectivity index (χ3v) is 2.74. The average Bonchev–Trinajstić information content (AvgIpc) is 1.81. The number of rotatable bonds is 4. The summed E-state index contributed by atoms with van der Waals surface area (Å²) in [6.45, 7) is 12.3. The lowest BCUT2D eigenvalue weighted by atomic mass is 9.84. The molecule has 0 radical (unpaired) electrons. The summed E-state index contributed by atoms with van der Waals surface area (Å²) in [5, 5.41) is 7.41. The molecule has 3 N–H and O–H groups in total. The summed E-state index contributed by atoms with van der Waals surface area (Å²) in [7, 11) is 0. The lowest BCUT2D eigenvalue weighted by molar-refractivity contribution is 0.391. The van der Waals surface area contributed by atoms with Gasteiger partial charge in [-0.05, 0) is 11.8 Å². The predicted octanol–water partition coefficient (Wildman–Crippen LogP) is 2.99. The molecule has 0 amide bonds. The minimum absolute atomic E-state index is 0.00350. The molecule has 0 atom stereocenters. The van der Waals surface area contributed by atoms with Crippen LogP contribution in [0, 0.1) is 10.8 Å². The topological polar surface area (TPSA) is 49.9 Å². The molecule has 0 fully saturated rings. The number of allylic oxidation sites excluding steroid dienone is 1. The number of nitrogens with one attached hydrogen (secondary N) is 1. The van der Waals surface area contributed by atoms with Crippen LogP contribution < -0.4 is 5.73 Å². The van der Waals surface area contributed by atoms with Gasteiger partial charge in [-0.15, -0.1) is 6.58 Å². The van der Waals surface area contributed by atoms with Gasteiger partial charge in [0.1, 0.15) is 0 Å². The van der Waals surface area contributed by atoms with Crippen LogP contribution in [0.2, 0.25) is 0 Å². The minimum atomic E-state index is 0.00350. The molecular formula is C10H20N2S. The van der Waals surface area contributed by atoms with Gasteiger partial charge in [0.25, 0.3) is 0 Å². The van der Waals surface area contributed by atoms with E-state index in [1.807, 2.05) is 6.08 Å². The zero-order valence-electron chi connectivity index (χ0n) is 8.98. The van der Waals surface area contributed by atoms with E-state index in [1.54, 1.807) is 0 Å². The van der Waals surface area contributed by atoms with Crippen LogP contribution in [0.1, 0.15) is 34.1 Å². The molecule has 0 unspecified atom stereocenters. The Bertz CT molecular complexity index is 207. The van der Waals surface area contributed by atoms with E-state index >= 15 is 0 Å². The Kier molecular flexibility index (Phi) is 4.04. The van der Waals surface area contributed by atoms with E-state index in [4.69, 9.17) is 11.1 Å². The van der Waals surface area contributed by atoms with Crippen molar-refractivity contribution in [3.8, 4) is 0 Å². The number of thioether (sulfide) groups is 1. The summed E-state index contributed by atoms with van der Waals surface area (Å²) in [6.07, 6.45) is 2.92. The first-order valence-corrected chi connectivity index (χ1v) is 5.17. The summed E-state index contributed by atoms with van der Waals surface area (Å²) in [5.74, 6) is 0. The van der Waals surface area contributed by atoms with E-state index in [0.29, 0.717) is 0 Å². The van der Waals surface area contributed by atoms with Gasteiger partial charge in [-0.1, -0.05) is 45.5 Å². The highest BCUT2D eigenvalue weighted by molar-refractivity contribution is 8.14. The third-order valence-electron chi connectivity index (χ3n) is 1.82. The average molecular weight is 200 g/mol. The largest absolute Gasteiger partial charge is 0.379 e. The van der Waals surface area contributed by atoms with Gasteiger partial charge in [-0.2, -0.15) is 0 Å². The summed E-state index contributed by atoms with van der Waals surface area (Å²) >= 11 is 1.41. The van der Waals surface area contributed by atoms with Gasteiger partial charge in [-0.3, -0.25) is 5.41 Å². The highest BCUT2D eigenvalue weighted by atomic mass is 32.2. The van der Waals surface area contributed by atoms with E-state index in [-0.39, 0.29) is 15.3 Å². The van der Waals surface area contributed by atoms with Crippen LogP contribution in [0.3, 0.4) is 0 Å². The first kappa shape index (κ1) is 12.6. The summed E-state index contributed by atoms with van der Waals surface area (Å²) in [5.41, 5.74) is 5.46. The van der Waals surface area contributed by atoms with Gasteiger partial charge in [0, 0.05) is 4.75 Å². The van der Waals surface area contributed by atoms with Crippen molar-refractivity contribution in [2.75, 3.05) is 0 Å². The number of hydrogen-bond donors (Lipinski definition) is 2. The smallest absolute Gasteiger partial charge is 0.151 e. The molecule has 0 bridgehead atoms. The van der Waals surface area contributed by atoms with Crippen molar-refractivity contribution in [1.29, 1.82) is 5.41 Å². The quantitative estimate of drug-likeness (QED) is 0.416. The molecule has 0 aromatic rings. The highest BCUT2D eigenvalue weighted by Gasteiger charge is 2.27. The lowest BCUT2D eigenvalue weighted by Crippen LogP contribution is -2.27. The molecule has 2 nitrogen and oxygen atoms in total. The molecular weight excluding hydrogens is 180 g/mol. The maximum atomic E-state index is 7.23. The van der Waals surface area contributed by atoms with Gasteiger partial charge < -0.3 is 5.73 Å². The van der Waals surface area contributed by atoms with Gasteiger partial charge in [0.05, 0.1) is 0 Å². The molecule has 0 saturated heterocycles. The Hall–Kier alpha value is -0.440. The zero-order chi connectivity index (χ0) is 10.7. The Labute approximate surface area is 85.5 Å². The molecule has 0 aromatic carbocycles. The van der Waals surface area contributed by atoms with Crippen molar-refractivity contribution in [1.82, 2.24) is 0 Å². The fourth-order valence-electron chi connectivity index (χ4n) is 1.50. The van der Waals surface area contributed by atoms with E-state index in [0.717, 1.165) is 6.42 Å². The molecule has 0 spiro atoms. The Morgan fingerprint density at radius 1 is 1.46 bits per heavy atom.